The number of nitrogens with zero attached hydrogens (tertiary/aromatic N) is 4. The number of hydrogen-bond donors (Lipinski definition) is 1. The van der Waals surface area contributed by atoms with Gasteiger partial charge in [-0.25, -0.2) is 9.97 Å². The third-order valence-corrected chi connectivity index (χ3v) is 2.27. The molecule has 0 atom stereocenters. The number of nitrogens with one attached hydrogen (secondary N) is 1. The van der Waals surface area contributed by atoms with Gasteiger partial charge in [0.1, 0.15) is 16.2 Å². The van der Waals surface area contributed by atoms with Gasteiger partial charge >= 0.3 is 0 Å². The van der Waals surface area contributed by atoms with E-state index in [1.165, 1.54) is 6.39 Å². The van der Waals surface area contributed by atoms with Gasteiger partial charge in [0.05, 0.1) is 0 Å². The highest BCUT2D eigenvalue weighted by Gasteiger charge is 2.01. The molecule has 7 heteroatoms. The van der Waals surface area contributed by atoms with Gasteiger partial charge in [-0.3, -0.25) is 0 Å². The second-order valence-corrected chi connectivity index (χ2v) is 3.96. The minimum absolute atomic E-state index is 0.678. The number of rotatable bonds is 4. The van der Waals surface area contributed by atoms with E-state index in [9.17, 15) is 0 Å². The van der Waals surface area contributed by atoms with Crippen LogP contribution in [0.2, 0.25) is 0 Å². The van der Waals surface area contributed by atoms with Crippen LogP contribution in [-0.2, 0) is 6.42 Å². The first-order valence-corrected chi connectivity index (χ1v) is 5.53. The Morgan fingerprint density at radius 2 is 2.31 bits per heavy atom. The summed E-state index contributed by atoms with van der Waals surface area (Å²) in [7, 11) is 0. The van der Waals surface area contributed by atoms with Crippen molar-refractivity contribution in [2.45, 2.75) is 13.3 Å². The van der Waals surface area contributed by atoms with Gasteiger partial charge in [0.25, 0.3) is 0 Å². The van der Waals surface area contributed by atoms with Crippen LogP contribution in [0.3, 0.4) is 0 Å². The van der Waals surface area contributed by atoms with Crippen molar-refractivity contribution >= 4 is 21.7 Å². The van der Waals surface area contributed by atoms with Crippen molar-refractivity contribution < 1.29 is 4.52 Å². The topological polar surface area (TPSA) is 76.7 Å². The highest BCUT2D eigenvalue weighted by Crippen LogP contribution is 2.11. The van der Waals surface area contributed by atoms with Crippen molar-refractivity contribution in [2.24, 2.45) is 0 Å². The van der Waals surface area contributed by atoms with Crippen LogP contribution in [0.5, 0.6) is 0 Å². The fourth-order valence-electron chi connectivity index (χ4n) is 1.23. The Labute approximate surface area is 101 Å². The zero-order valence-electron chi connectivity index (χ0n) is 8.64. The van der Waals surface area contributed by atoms with Crippen molar-refractivity contribution in [1.29, 1.82) is 0 Å². The highest BCUT2D eigenvalue weighted by atomic mass is 79.9. The molecular weight excluding hydrogens is 274 g/mol. The summed E-state index contributed by atoms with van der Waals surface area (Å²) < 4.78 is 5.40. The summed E-state index contributed by atoms with van der Waals surface area (Å²) in [6, 6.07) is 1.82. The predicted molar refractivity (Wildman–Crippen MR) is 61.0 cm³/mol. The normalized spacial score (nSPS) is 10.4. The van der Waals surface area contributed by atoms with Gasteiger partial charge in [0, 0.05) is 19.0 Å². The quantitative estimate of drug-likeness (QED) is 0.859. The summed E-state index contributed by atoms with van der Waals surface area (Å²) in [4.78, 5) is 12.3. The van der Waals surface area contributed by atoms with Gasteiger partial charge in [-0.05, 0) is 22.9 Å². The van der Waals surface area contributed by atoms with E-state index in [4.69, 9.17) is 0 Å². The lowest BCUT2D eigenvalue weighted by molar-refractivity contribution is 0.410. The van der Waals surface area contributed by atoms with Crippen LogP contribution >= 0.6 is 15.9 Å². The minimum atomic E-state index is 0.678. The Bertz CT molecular complexity index is 439. The third-order valence-electron chi connectivity index (χ3n) is 1.87. The van der Waals surface area contributed by atoms with Crippen LogP contribution in [0.4, 0.5) is 5.82 Å². The fourth-order valence-corrected chi connectivity index (χ4v) is 1.70. The van der Waals surface area contributed by atoms with E-state index in [1.54, 1.807) is 0 Å². The molecule has 1 N–H and O–H groups in total. The number of aryl methyl sites for hydroxylation is 1. The molecular formula is C9H10BrN5O. The van der Waals surface area contributed by atoms with Crippen molar-refractivity contribution in [3.8, 4) is 0 Å². The summed E-state index contributed by atoms with van der Waals surface area (Å²) in [6.07, 6.45) is 2.01. The molecule has 2 aromatic rings. The minimum Gasteiger partial charge on any atom is -0.369 e. The monoisotopic (exact) mass is 283 g/mol. The SMILES string of the molecule is Cc1nc(Br)cc(NCCc2ncon2)n1. The molecule has 6 nitrogen and oxygen atoms in total. The Balaban J connectivity index is 1.89. The van der Waals surface area contributed by atoms with Crippen molar-refractivity contribution in [1.82, 2.24) is 20.1 Å². The fraction of sp³-hybridized carbons (Fsp3) is 0.333. The van der Waals surface area contributed by atoms with E-state index >= 15 is 0 Å². The average molecular weight is 284 g/mol. The van der Waals surface area contributed by atoms with Gasteiger partial charge in [0.2, 0.25) is 6.39 Å². The zero-order valence-corrected chi connectivity index (χ0v) is 10.2. The van der Waals surface area contributed by atoms with Gasteiger partial charge in [0.15, 0.2) is 5.82 Å². The van der Waals surface area contributed by atoms with Crippen LogP contribution in [0, 0.1) is 6.92 Å². The molecule has 84 valence electrons. The van der Waals surface area contributed by atoms with E-state index in [-0.39, 0.29) is 0 Å². The van der Waals surface area contributed by atoms with E-state index in [1.807, 2.05) is 13.0 Å². The molecule has 0 aromatic carbocycles. The molecule has 0 aliphatic rings. The first kappa shape index (κ1) is 11.0. The van der Waals surface area contributed by atoms with Crippen molar-refractivity contribution in [3.63, 3.8) is 0 Å². The van der Waals surface area contributed by atoms with Gasteiger partial charge in [-0.15, -0.1) is 0 Å². The van der Waals surface area contributed by atoms with Gasteiger partial charge in [-0.1, -0.05) is 5.16 Å². The standard InChI is InChI=1S/C9H10BrN5O/c1-6-13-7(10)4-9(14-6)11-3-2-8-12-5-16-15-8/h4-5H,2-3H2,1H3,(H,11,13,14). The Kier molecular flexibility index (Phi) is 3.45. The summed E-state index contributed by atoms with van der Waals surface area (Å²) in [5.74, 6) is 2.18. The first-order valence-electron chi connectivity index (χ1n) is 4.74. The smallest absolute Gasteiger partial charge is 0.213 e. The molecule has 0 amide bonds. The molecule has 0 unspecified atom stereocenters. The summed E-state index contributed by atoms with van der Waals surface area (Å²) in [5, 5.41) is 6.88. The maximum Gasteiger partial charge on any atom is 0.213 e. The average Bonchev–Trinajstić information content (AvgIpc) is 2.69. The maximum absolute atomic E-state index is 4.63. The van der Waals surface area contributed by atoms with E-state index < -0.39 is 0 Å². The molecule has 0 aliphatic heterocycles. The molecule has 0 bridgehead atoms. The Morgan fingerprint density at radius 1 is 1.44 bits per heavy atom. The summed E-state index contributed by atoms with van der Waals surface area (Å²) >= 11 is 3.31. The molecule has 2 aromatic heterocycles. The van der Waals surface area contributed by atoms with Crippen LogP contribution in [0.25, 0.3) is 0 Å². The zero-order chi connectivity index (χ0) is 11.4. The largest absolute Gasteiger partial charge is 0.369 e. The molecule has 2 heterocycles. The predicted octanol–water partition coefficient (Wildman–Crippen LogP) is 1.59. The molecule has 16 heavy (non-hydrogen) atoms. The van der Waals surface area contributed by atoms with Crippen molar-refractivity contribution in [2.75, 3.05) is 11.9 Å². The van der Waals surface area contributed by atoms with Crippen LogP contribution < -0.4 is 5.32 Å². The lowest BCUT2D eigenvalue weighted by Gasteiger charge is -2.04. The second kappa shape index (κ2) is 5.02. The number of hydrogen-bond acceptors (Lipinski definition) is 6. The van der Waals surface area contributed by atoms with Crippen LogP contribution in [-0.4, -0.2) is 26.7 Å². The van der Waals surface area contributed by atoms with Gasteiger partial charge < -0.3 is 9.84 Å². The lowest BCUT2D eigenvalue weighted by atomic mass is 10.4. The van der Waals surface area contributed by atoms with E-state index in [0.29, 0.717) is 18.8 Å². The molecule has 2 rings (SSSR count). The van der Waals surface area contributed by atoms with E-state index in [2.05, 4.69) is 45.9 Å². The van der Waals surface area contributed by atoms with E-state index in [0.717, 1.165) is 16.2 Å². The second-order valence-electron chi connectivity index (χ2n) is 3.15. The van der Waals surface area contributed by atoms with Crippen LogP contribution in [0.1, 0.15) is 11.6 Å². The summed E-state index contributed by atoms with van der Waals surface area (Å²) in [5.41, 5.74) is 0. The highest BCUT2D eigenvalue weighted by molar-refractivity contribution is 9.10. The Hall–Kier alpha value is -1.50. The number of aromatic nitrogens is 4. The molecule has 0 saturated heterocycles. The molecule has 0 radical (unpaired) electrons. The van der Waals surface area contributed by atoms with Crippen molar-refractivity contribution in [3.05, 3.63) is 28.7 Å². The number of anilines is 1. The molecule has 0 fully saturated rings. The molecule has 0 saturated carbocycles. The molecule has 0 spiro atoms. The third kappa shape index (κ3) is 2.99. The lowest BCUT2D eigenvalue weighted by Crippen LogP contribution is -2.08. The first-order chi connectivity index (χ1) is 7.74. The molecule has 0 aliphatic carbocycles. The van der Waals surface area contributed by atoms with Crippen LogP contribution in [0.15, 0.2) is 21.6 Å². The number of halogens is 1. The maximum atomic E-state index is 4.63. The van der Waals surface area contributed by atoms with Gasteiger partial charge in [-0.2, -0.15) is 4.98 Å². The Morgan fingerprint density at radius 3 is 3.00 bits per heavy atom. The summed E-state index contributed by atoms with van der Waals surface area (Å²) in [6.45, 7) is 2.54.